The van der Waals surface area contributed by atoms with Gasteiger partial charge in [0.05, 0.1) is 6.20 Å². The zero-order valence-electron chi connectivity index (χ0n) is 11.1. The van der Waals surface area contributed by atoms with Gasteiger partial charge in [0.15, 0.2) is 11.5 Å². The first-order chi connectivity index (χ1) is 9.36. The number of hydrogen-bond donors (Lipinski definition) is 2. The Morgan fingerprint density at radius 3 is 3.26 bits per heavy atom. The Kier molecular flexibility index (Phi) is 3.77. The van der Waals surface area contributed by atoms with Crippen molar-refractivity contribution >= 4 is 29.0 Å². The molecule has 0 saturated carbocycles. The van der Waals surface area contributed by atoms with Crippen LogP contribution in [0.5, 0.6) is 0 Å². The molecule has 1 atom stereocenters. The van der Waals surface area contributed by atoms with Crippen molar-refractivity contribution in [3.63, 3.8) is 0 Å². The minimum Gasteiger partial charge on any atom is -0.369 e. The minimum atomic E-state index is 0.513. The van der Waals surface area contributed by atoms with Gasteiger partial charge in [-0.2, -0.15) is 11.8 Å². The zero-order valence-corrected chi connectivity index (χ0v) is 11.9. The van der Waals surface area contributed by atoms with Crippen molar-refractivity contribution < 1.29 is 0 Å². The SMILES string of the molecule is CCCNc1cn2ccnc2c(NC2CCSC2)n1. The van der Waals surface area contributed by atoms with Crippen LogP contribution in [0.2, 0.25) is 0 Å². The van der Waals surface area contributed by atoms with Crippen molar-refractivity contribution in [2.24, 2.45) is 0 Å². The van der Waals surface area contributed by atoms with Crippen LogP contribution >= 0.6 is 11.8 Å². The summed E-state index contributed by atoms with van der Waals surface area (Å²) in [5, 5.41) is 6.87. The third kappa shape index (κ3) is 2.78. The average Bonchev–Trinajstić information content (AvgIpc) is 3.06. The smallest absolute Gasteiger partial charge is 0.180 e. The second-order valence-electron chi connectivity index (χ2n) is 4.76. The van der Waals surface area contributed by atoms with E-state index in [0.717, 1.165) is 36.0 Å². The summed E-state index contributed by atoms with van der Waals surface area (Å²) in [5.74, 6) is 4.18. The maximum absolute atomic E-state index is 4.66. The first-order valence-corrected chi connectivity index (χ1v) is 7.94. The second-order valence-corrected chi connectivity index (χ2v) is 5.91. The summed E-state index contributed by atoms with van der Waals surface area (Å²) >= 11 is 1.99. The van der Waals surface area contributed by atoms with E-state index >= 15 is 0 Å². The molecule has 1 aliphatic rings. The van der Waals surface area contributed by atoms with Crippen molar-refractivity contribution in [2.45, 2.75) is 25.8 Å². The molecule has 2 N–H and O–H groups in total. The molecule has 5 nitrogen and oxygen atoms in total. The fourth-order valence-electron chi connectivity index (χ4n) is 2.21. The van der Waals surface area contributed by atoms with E-state index < -0.39 is 0 Å². The number of nitrogens with zero attached hydrogens (tertiary/aromatic N) is 3. The molecule has 1 aliphatic heterocycles. The molecule has 0 spiro atoms. The highest BCUT2D eigenvalue weighted by Gasteiger charge is 2.17. The lowest BCUT2D eigenvalue weighted by molar-refractivity contribution is 0.806. The van der Waals surface area contributed by atoms with Crippen molar-refractivity contribution in [1.29, 1.82) is 0 Å². The molecule has 0 bridgehead atoms. The number of anilines is 2. The number of imidazole rings is 1. The topological polar surface area (TPSA) is 54.2 Å². The molecule has 3 rings (SSSR count). The Bertz CT molecular complexity index is 547. The second kappa shape index (κ2) is 5.69. The van der Waals surface area contributed by atoms with Crippen molar-refractivity contribution in [2.75, 3.05) is 28.7 Å². The van der Waals surface area contributed by atoms with Gasteiger partial charge in [0.1, 0.15) is 5.82 Å². The van der Waals surface area contributed by atoms with Crippen molar-refractivity contribution in [1.82, 2.24) is 14.4 Å². The predicted octanol–water partition coefficient (Wildman–Crippen LogP) is 2.47. The fourth-order valence-corrected chi connectivity index (χ4v) is 3.36. The summed E-state index contributed by atoms with van der Waals surface area (Å²) in [7, 11) is 0. The van der Waals surface area contributed by atoms with E-state index in [9.17, 15) is 0 Å². The quantitative estimate of drug-likeness (QED) is 0.879. The van der Waals surface area contributed by atoms with E-state index in [1.54, 1.807) is 0 Å². The molecule has 0 amide bonds. The van der Waals surface area contributed by atoms with Crippen LogP contribution in [0.25, 0.3) is 5.65 Å². The number of rotatable bonds is 5. The Hall–Kier alpha value is -1.43. The zero-order chi connectivity index (χ0) is 13.1. The van der Waals surface area contributed by atoms with E-state index in [-0.39, 0.29) is 0 Å². The van der Waals surface area contributed by atoms with E-state index in [0.29, 0.717) is 6.04 Å². The molecule has 102 valence electrons. The Morgan fingerprint density at radius 1 is 1.53 bits per heavy atom. The first-order valence-electron chi connectivity index (χ1n) is 6.78. The monoisotopic (exact) mass is 277 g/mol. The number of aromatic nitrogens is 3. The molecule has 0 aliphatic carbocycles. The molecule has 1 unspecified atom stereocenters. The lowest BCUT2D eigenvalue weighted by Gasteiger charge is -2.14. The number of nitrogens with one attached hydrogen (secondary N) is 2. The summed E-state index contributed by atoms with van der Waals surface area (Å²) in [6.45, 7) is 3.09. The largest absolute Gasteiger partial charge is 0.369 e. The highest BCUT2D eigenvalue weighted by Crippen LogP contribution is 2.23. The molecule has 6 heteroatoms. The molecule has 2 aromatic rings. The van der Waals surface area contributed by atoms with E-state index in [4.69, 9.17) is 0 Å². The third-order valence-corrected chi connectivity index (χ3v) is 4.36. The minimum absolute atomic E-state index is 0.513. The third-order valence-electron chi connectivity index (χ3n) is 3.20. The van der Waals surface area contributed by atoms with Crippen LogP contribution in [0.1, 0.15) is 19.8 Å². The highest BCUT2D eigenvalue weighted by molar-refractivity contribution is 7.99. The summed E-state index contributed by atoms with van der Waals surface area (Å²) in [6, 6.07) is 0.513. The maximum Gasteiger partial charge on any atom is 0.180 e. The van der Waals surface area contributed by atoms with Gasteiger partial charge in [0.25, 0.3) is 0 Å². The number of fused-ring (bicyclic) bond motifs is 1. The number of hydrogen-bond acceptors (Lipinski definition) is 5. The van der Waals surface area contributed by atoms with Gasteiger partial charge in [-0.15, -0.1) is 0 Å². The van der Waals surface area contributed by atoms with Gasteiger partial charge in [-0.1, -0.05) is 6.92 Å². The standard InChI is InChI=1S/C13H19N5S/c1-2-4-14-11-8-18-6-5-15-13(18)12(17-11)16-10-3-7-19-9-10/h5-6,8,10,14H,2-4,7,9H2,1H3,(H,16,17). The number of thioether (sulfide) groups is 1. The van der Waals surface area contributed by atoms with Gasteiger partial charge in [-0.25, -0.2) is 9.97 Å². The van der Waals surface area contributed by atoms with E-state index in [1.165, 1.54) is 12.2 Å². The highest BCUT2D eigenvalue weighted by atomic mass is 32.2. The molecule has 1 saturated heterocycles. The van der Waals surface area contributed by atoms with E-state index in [2.05, 4.69) is 27.5 Å². The van der Waals surface area contributed by atoms with Crippen molar-refractivity contribution in [3.05, 3.63) is 18.6 Å². The molecule has 1 fully saturated rings. The average molecular weight is 277 g/mol. The van der Waals surface area contributed by atoms with Gasteiger partial charge in [0, 0.05) is 30.7 Å². The maximum atomic E-state index is 4.66. The van der Waals surface area contributed by atoms with Gasteiger partial charge in [0.2, 0.25) is 0 Å². The van der Waals surface area contributed by atoms with Crippen LogP contribution in [0, 0.1) is 0 Å². The summed E-state index contributed by atoms with van der Waals surface area (Å²) in [4.78, 5) is 9.04. The van der Waals surface area contributed by atoms with Crippen LogP contribution in [0.15, 0.2) is 18.6 Å². The lowest BCUT2D eigenvalue weighted by atomic mass is 10.2. The van der Waals surface area contributed by atoms with Gasteiger partial charge >= 0.3 is 0 Å². The van der Waals surface area contributed by atoms with Gasteiger partial charge in [-0.05, 0) is 18.6 Å². The summed E-state index contributed by atoms with van der Waals surface area (Å²) < 4.78 is 2.02. The molecule has 2 aromatic heterocycles. The van der Waals surface area contributed by atoms with Crippen LogP contribution < -0.4 is 10.6 Å². The Balaban J connectivity index is 1.88. The lowest BCUT2D eigenvalue weighted by Crippen LogP contribution is -2.20. The molecular weight excluding hydrogens is 258 g/mol. The molecule has 19 heavy (non-hydrogen) atoms. The van der Waals surface area contributed by atoms with Crippen molar-refractivity contribution in [3.8, 4) is 0 Å². The van der Waals surface area contributed by atoms with Gasteiger partial charge in [-0.3, -0.25) is 0 Å². The normalized spacial score (nSPS) is 18.9. The molecule has 0 radical (unpaired) electrons. The van der Waals surface area contributed by atoms with Crippen LogP contribution in [0.3, 0.4) is 0 Å². The fraction of sp³-hybridized carbons (Fsp3) is 0.538. The van der Waals surface area contributed by atoms with Gasteiger partial charge < -0.3 is 15.0 Å². The summed E-state index contributed by atoms with van der Waals surface area (Å²) in [6.07, 6.45) is 8.06. The van der Waals surface area contributed by atoms with Crippen LogP contribution in [-0.4, -0.2) is 38.5 Å². The first kappa shape index (κ1) is 12.6. The molecule has 0 aromatic carbocycles. The Labute approximate surface area is 117 Å². The molecular formula is C13H19N5S. The van der Waals surface area contributed by atoms with E-state index in [1.807, 2.05) is 34.8 Å². The van der Waals surface area contributed by atoms with Crippen LogP contribution in [-0.2, 0) is 0 Å². The van der Waals surface area contributed by atoms with Crippen LogP contribution in [0.4, 0.5) is 11.6 Å². The predicted molar refractivity (Wildman–Crippen MR) is 81.1 cm³/mol. The molecule has 3 heterocycles. The summed E-state index contributed by atoms with van der Waals surface area (Å²) in [5.41, 5.74) is 0.902. The Morgan fingerprint density at radius 2 is 2.47 bits per heavy atom.